The summed E-state index contributed by atoms with van der Waals surface area (Å²) in [4.78, 5) is 9.06. The molecule has 0 bridgehead atoms. The summed E-state index contributed by atoms with van der Waals surface area (Å²) in [6, 6.07) is 0. The normalized spacial score (nSPS) is 12.2. The summed E-state index contributed by atoms with van der Waals surface area (Å²) in [7, 11) is -2.50. The van der Waals surface area contributed by atoms with E-state index in [1.807, 2.05) is 0 Å². The topological polar surface area (TPSA) is 109 Å². The quantitative estimate of drug-likeness (QED) is 0.304. The van der Waals surface area contributed by atoms with Gasteiger partial charge in [0.05, 0.1) is 0 Å². The molecule has 0 aliphatic heterocycles. The zero-order valence-electron chi connectivity index (χ0n) is 7.30. The van der Waals surface area contributed by atoms with E-state index in [0.717, 1.165) is 0 Å². The molecule has 0 aromatic carbocycles. The molecule has 0 rings (SSSR count). The van der Waals surface area contributed by atoms with Gasteiger partial charge >= 0.3 is 0 Å². The molecule has 0 aromatic rings. The molecule has 0 amide bonds. The smallest absolute Gasteiger partial charge is 0.282 e. The Morgan fingerprint density at radius 2 is 2.08 bits per heavy atom. The Labute approximate surface area is 77.6 Å². The summed E-state index contributed by atoms with van der Waals surface area (Å²) in [6.45, 7) is 3.17. The van der Waals surface area contributed by atoms with E-state index < -0.39 is 15.5 Å². The minimum atomic E-state index is -4.05. The zero-order chi connectivity index (χ0) is 10.9. The Morgan fingerprint density at radius 1 is 1.69 bits per heavy atom. The van der Waals surface area contributed by atoms with E-state index in [4.69, 9.17) is 15.1 Å². The molecule has 6 nitrogen and oxygen atoms in total. The standard InChI is InChI=1S/C3H10N2O3S.C3H4O/c1-5-2-3(4)9(6,7)8;1-2-3-4/h3,5H,2,4H2,1H3,(H,6,7,8);2-3H,1H2. The summed E-state index contributed by atoms with van der Waals surface area (Å²) >= 11 is 0. The SMILES string of the molecule is C=CC=O.CNCC(N)S(=O)(=O)O. The third-order valence-corrected chi connectivity index (χ3v) is 1.82. The Hall–Kier alpha value is -0.760. The molecule has 13 heavy (non-hydrogen) atoms. The fourth-order valence-corrected chi connectivity index (χ4v) is 0.684. The molecular weight excluding hydrogens is 196 g/mol. The molecule has 4 N–H and O–H groups in total. The summed E-state index contributed by atoms with van der Waals surface area (Å²) in [6.07, 6.45) is 1.83. The third kappa shape index (κ3) is 11.2. The van der Waals surface area contributed by atoms with Crippen LogP contribution in [-0.4, -0.2) is 38.2 Å². The molecule has 0 saturated carbocycles. The van der Waals surface area contributed by atoms with Crippen LogP contribution in [0, 0.1) is 0 Å². The van der Waals surface area contributed by atoms with Crippen molar-refractivity contribution in [1.29, 1.82) is 0 Å². The van der Waals surface area contributed by atoms with Crippen molar-refractivity contribution >= 4 is 16.4 Å². The maximum atomic E-state index is 10.1. The molecule has 0 saturated heterocycles. The van der Waals surface area contributed by atoms with E-state index in [1.165, 1.54) is 6.08 Å². The van der Waals surface area contributed by atoms with Crippen LogP contribution in [0.4, 0.5) is 0 Å². The number of carbonyl (C=O) groups is 1. The Kier molecular flexibility index (Phi) is 8.92. The van der Waals surface area contributed by atoms with E-state index in [0.29, 0.717) is 6.29 Å². The van der Waals surface area contributed by atoms with Gasteiger partial charge in [0, 0.05) is 6.54 Å². The van der Waals surface area contributed by atoms with E-state index >= 15 is 0 Å². The summed E-state index contributed by atoms with van der Waals surface area (Å²) in [5.74, 6) is 0. The predicted octanol–water partition coefficient (Wildman–Crippen LogP) is -1.25. The van der Waals surface area contributed by atoms with Gasteiger partial charge in [0.15, 0.2) is 0 Å². The monoisotopic (exact) mass is 210 g/mol. The number of carbonyl (C=O) groups excluding carboxylic acids is 1. The molecule has 1 unspecified atom stereocenters. The lowest BCUT2D eigenvalue weighted by atomic mass is 10.6. The van der Waals surface area contributed by atoms with E-state index in [2.05, 4.69) is 11.9 Å². The van der Waals surface area contributed by atoms with Crippen molar-refractivity contribution in [3.8, 4) is 0 Å². The van der Waals surface area contributed by atoms with Crippen LogP contribution in [-0.2, 0) is 14.9 Å². The summed E-state index contributed by atoms with van der Waals surface area (Å²) < 4.78 is 28.4. The molecule has 0 aliphatic carbocycles. The number of allylic oxidation sites excluding steroid dienone is 1. The molecule has 0 radical (unpaired) electrons. The van der Waals surface area contributed by atoms with E-state index in [9.17, 15) is 8.42 Å². The molecule has 7 heteroatoms. The van der Waals surface area contributed by atoms with Crippen LogP contribution in [0.2, 0.25) is 0 Å². The van der Waals surface area contributed by atoms with Crippen molar-refractivity contribution in [1.82, 2.24) is 5.32 Å². The molecule has 0 aliphatic rings. The summed E-state index contributed by atoms with van der Waals surface area (Å²) in [5, 5.41) is 1.29. The highest BCUT2D eigenvalue weighted by atomic mass is 32.2. The van der Waals surface area contributed by atoms with Crippen molar-refractivity contribution in [2.24, 2.45) is 5.73 Å². The van der Waals surface area contributed by atoms with Gasteiger partial charge in [0.1, 0.15) is 11.7 Å². The second kappa shape index (κ2) is 7.87. The van der Waals surface area contributed by atoms with E-state index in [-0.39, 0.29) is 6.54 Å². The Bertz CT molecular complexity index is 231. The van der Waals surface area contributed by atoms with Gasteiger partial charge in [0.25, 0.3) is 10.1 Å². The molecular formula is C6H14N2O4S. The number of aldehydes is 1. The van der Waals surface area contributed by atoms with Gasteiger partial charge in [-0.2, -0.15) is 8.42 Å². The lowest BCUT2D eigenvalue weighted by Gasteiger charge is -2.04. The van der Waals surface area contributed by atoms with E-state index in [1.54, 1.807) is 7.05 Å². The number of nitrogens with two attached hydrogens (primary N) is 1. The second-order valence-electron chi connectivity index (χ2n) is 1.98. The minimum absolute atomic E-state index is 0.0544. The molecule has 78 valence electrons. The van der Waals surface area contributed by atoms with Gasteiger partial charge < -0.3 is 11.1 Å². The molecule has 0 heterocycles. The second-order valence-corrected chi connectivity index (χ2v) is 3.62. The van der Waals surface area contributed by atoms with Gasteiger partial charge in [-0.3, -0.25) is 9.35 Å². The number of nitrogens with one attached hydrogen (secondary N) is 1. The zero-order valence-corrected chi connectivity index (χ0v) is 8.12. The van der Waals surface area contributed by atoms with Crippen LogP contribution in [0.1, 0.15) is 0 Å². The van der Waals surface area contributed by atoms with Gasteiger partial charge in [-0.25, -0.2) is 0 Å². The van der Waals surface area contributed by atoms with Crippen LogP contribution in [0.15, 0.2) is 12.7 Å². The van der Waals surface area contributed by atoms with Gasteiger partial charge in [-0.15, -0.1) is 0 Å². The van der Waals surface area contributed by atoms with Crippen LogP contribution >= 0.6 is 0 Å². The maximum absolute atomic E-state index is 10.1. The summed E-state index contributed by atoms with van der Waals surface area (Å²) in [5.41, 5.74) is 4.96. The van der Waals surface area contributed by atoms with Crippen molar-refractivity contribution < 1.29 is 17.8 Å². The number of rotatable bonds is 4. The first kappa shape index (κ1) is 14.7. The van der Waals surface area contributed by atoms with Crippen LogP contribution in [0.5, 0.6) is 0 Å². The Balaban J connectivity index is 0. The fraction of sp³-hybridized carbons (Fsp3) is 0.500. The number of hydrogen-bond donors (Lipinski definition) is 3. The average molecular weight is 210 g/mol. The van der Waals surface area contributed by atoms with Gasteiger partial charge in [0.2, 0.25) is 0 Å². The average Bonchev–Trinajstić information content (AvgIpc) is 2.04. The molecule has 1 atom stereocenters. The highest BCUT2D eigenvalue weighted by molar-refractivity contribution is 7.86. The van der Waals surface area contributed by atoms with Crippen LogP contribution in [0.25, 0.3) is 0 Å². The minimum Gasteiger partial charge on any atom is -0.317 e. The Morgan fingerprint density at radius 3 is 2.15 bits per heavy atom. The van der Waals surface area contributed by atoms with Crippen LogP contribution in [0.3, 0.4) is 0 Å². The largest absolute Gasteiger partial charge is 0.317 e. The van der Waals surface area contributed by atoms with Crippen molar-refractivity contribution in [3.05, 3.63) is 12.7 Å². The molecule has 0 spiro atoms. The first-order valence-electron chi connectivity index (χ1n) is 3.32. The lowest BCUT2D eigenvalue weighted by molar-refractivity contribution is -0.104. The third-order valence-electron chi connectivity index (χ3n) is 0.884. The van der Waals surface area contributed by atoms with Crippen molar-refractivity contribution in [2.75, 3.05) is 13.6 Å². The highest BCUT2D eigenvalue weighted by Gasteiger charge is 2.15. The maximum Gasteiger partial charge on any atom is 0.282 e. The molecule has 0 fully saturated rings. The van der Waals surface area contributed by atoms with Gasteiger partial charge in [-0.1, -0.05) is 6.58 Å². The predicted molar refractivity (Wildman–Crippen MR) is 49.7 cm³/mol. The fourth-order valence-electron chi connectivity index (χ4n) is 0.306. The van der Waals surface area contributed by atoms with Crippen molar-refractivity contribution in [3.63, 3.8) is 0 Å². The highest BCUT2D eigenvalue weighted by Crippen LogP contribution is 1.86. The number of hydrogen-bond acceptors (Lipinski definition) is 5. The number of likely N-dealkylation sites (N-methyl/N-ethyl adjacent to an activating group) is 1. The van der Waals surface area contributed by atoms with Gasteiger partial charge in [-0.05, 0) is 13.1 Å². The van der Waals surface area contributed by atoms with Crippen LogP contribution < -0.4 is 11.1 Å². The lowest BCUT2D eigenvalue weighted by Crippen LogP contribution is -2.38. The molecule has 0 aromatic heterocycles. The first-order chi connectivity index (χ1) is 5.90. The first-order valence-corrected chi connectivity index (χ1v) is 4.83. The van der Waals surface area contributed by atoms with Crippen molar-refractivity contribution in [2.45, 2.75) is 5.37 Å².